The van der Waals surface area contributed by atoms with Crippen molar-refractivity contribution in [1.29, 1.82) is 0 Å². The molecule has 7 nitrogen and oxygen atoms in total. The Hall–Kier alpha value is -3.13. The highest BCUT2D eigenvalue weighted by Crippen LogP contribution is 2.31. The summed E-state index contributed by atoms with van der Waals surface area (Å²) in [5, 5.41) is 8.64. The Morgan fingerprint density at radius 1 is 1.00 bits per heavy atom. The Morgan fingerprint density at radius 2 is 1.65 bits per heavy atom. The topological polar surface area (TPSA) is 102 Å². The molecule has 1 fully saturated rings. The fourth-order valence-corrected chi connectivity index (χ4v) is 3.74. The van der Waals surface area contributed by atoms with Crippen molar-refractivity contribution < 1.29 is 28.6 Å². The smallest absolute Gasteiger partial charge is 0.418 e. The third-order valence-corrected chi connectivity index (χ3v) is 5.42. The Bertz CT molecular complexity index is 885. The number of para-hydroxylation sites is 1. The normalized spacial score (nSPS) is 18.4. The third kappa shape index (κ3) is 6.42. The molecule has 2 aromatic rings. The van der Waals surface area contributed by atoms with Crippen molar-refractivity contribution in [2.75, 3.05) is 30.5 Å². The van der Waals surface area contributed by atoms with Gasteiger partial charge in [0.15, 0.2) is 0 Å². The van der Waals surface area contributed by atoms with Crippen LogP contribution in [-0.2, 0) is 14.3 Å². The number of hydrogen-bond acceptors (Lipinski definition) is 5. The number of amides is 1. The van der Waals surface area contributed by atoms with E-state index < -0.39 is 17.9 Å². The fourth-order valence-electron chi connectivity index (χ4n) is 3.74. The predicted molar refractivity (Wildman–Crippen MR) is 115 cm³/mol. The van der Waals surface area contributed by atoms with Gasteiger partial charge in [-0.2, -0.15) is 0 Å². The number of carboxylic acid groups (broad SMARTS) is 1. The Morgan fingerprint density at radius 3 is 2.26 bits per heavy atom. The van der Waals surface area contributed by atoms with Crippen molar-refractivity contribution in [3.63, 3.8) is 0 Å². The summed E-state index contributed by atoms with van der Waals surface area (Å²) in [6.07, 6.45) is 3.01. The number of benzene rings is 2. The number of rotatable bonds is 8. The van der Waals surface area contributed by atoms with Crippen LogP contribution >= 0.6 is 0 Å². The van der Waals surface area contributed by atoms with E-state index in [4.69, 9.17) is 20.3 Å². The highest BCUT2D eigenvalue weighted by atomic mass is 19.1. The van der Waals surface area contributed by atoms with Crippen LogP contribution in [0.4, 0.5) is 26.2 Å². The molecule has 1 aliphatic carbocycles. The molecule has 8 heteroatoms. The second kappa shape index (κ2) is 10.8. The van der Waals surface area contributed by atoms with Gasteiger partial charge in [-0.15, -0.1) is 0 Å². The highest BCUT2D eigenvalue weighted by Gasteiger charge is 2.25. The molecule has 0 aromatic heterocycles. The van der Waals surface area contributed by atoms with Gasteiger partial charge < -0.3 is 20.3 Å². The van der Waals surface area contributed by atoms with Crippen molar-refractivity contribution >= 4 is 29.1 Å². The van der Waals surface area contributed by atoms with Crippen LogP contribution in [0.3, 0.4) is 0 Å². The van der Waals surface area contributed by atoms with Crippen molar-refractivity contribution in [3.05, 3.63) is 54.3 Å². The van der Waals surface area contributed by atoms with Crippen molar-refractivity contribution in [3.8, 4) is 0 Å². The van der Waals surface area contributed by atoms with Crippen LogP contribution in [0.1, 0.15) is 25.7 Å². The molecule has 0 aliphatic heterocycles. The first-order valence-corrected chi connectivity index (χ1v) is 10.3. The van der Waals surface area contributed by atoms with Crippen LogP contribution in [0.25, 0.3) is 0 Å². The molecule has 0 atom stereocenters. The Balaban J connectivity index is 1.58. The first-order valence-electron chi connectivity index (χ1n) is 10.3. The number of carbonyl (C=O) groups excluding carboxylic acids is 1. The molecule has 31 heavy (non-hydrogen) atoms. The van der Waals surface area contributed by atoms with Crippen molar-refractivity contribution in [2.45, 2.75) is 25.7 Å². The van der Waals surface area contributed by atoms with Gasteiger partial charge in [0, 0.05) is 0 Å². The van der Waals surface area contributed by atoms with Crippen LogP contribution in [0.15, 0.2) is 48.5 Å². The summed E-state index contributed by atoms with van der Waals surface area (Å²) in [5.74, 6) is -0.953. The summed E-state index contributed by atoms with van der Waals surface area (Å²) in [7, 11) is 0. The van der Waals surface area contributed by atoms with E-state index in [-0.39, 0.29) is 24.8 Å². The van der Waals surface area contributed by atoms with Gasteiger partial charge in [0.1, 0.15) is 12.4 Å². The second-order valence-corrected chi connectivity index (χ2v) is 7.75. The van der Waals surface area contributed by atoms with E-state index in [1.54, 1.807) is 24.3 Å². The number of nitrogens with two attached hydrogens (primary N) is 1. The number of nitrogen functional groups attached to an aromatic ring is 1. The Kier molecular flexibility index (Phi) is 7.83. The number of halogens is 1. The first kappa shape index (κ1) is 22.6. The number of aliphatic carboxylic acids is 1. The van der Waals surface area contributed by atoms with Crippen molar-refractivity contribution in [1.82, 2.24) is 0 Å². The van der Waals surface area contributed by atoms with Gasteiger partial charge in [-0.1, -0.05) is 18.2 Å². The minimum atomic E-state index is -0.966. The number of nitrogens with zero attached hydrogens (tertiary/aromatic N) is 1. The molecule has 0 unspecified atom stereocenters. The molecule has 0 spiro atoms. The van der Waals surface area contributed by atoms with Crippen LogP contribution in [0.2, 0.25) is 0 Å². The van der Waals surface area contributed by atoms with E-state index in [0.717, 1.165) is 25.7 Å². The van der Waals surface area contributed by atoms with Gasteiger partial charge in [-0.25, -0.2) is 18.9 Å². The van der Waals surface area contributed by atoms with E-state index in [2.05, 4.69) is 0 Å². The molecule has 1 aliphatic rings. The van der Waals surface area contributed by atoms with Crippen LogP contribution in [0.5, 0.6) is 0 Å². The molecule has 3 rings (SSSR count). The lowest BCUT2D eigenvalue weighted by Crippen LogP contribution is -2.30. The lowest BCUT2D eigenvalue weighted by molar-refractivity contribution is -0.142. The molecule has 0 heterocycles. The largest absolute Gasteiger partial charge is 0.480 e. The third-order valence-electron chi connectivity index (χ3n) is 5.42. The standard InChI is InChI=1S/C23H27FN2O5/c24-20-11-10-19(12-21(20)25)26(18-4-2-1-3-5-18)23(29)31-14-17-8-6-16(7-9-17)13-30-15-22(27)28/h1-5,10-12,16-17H,6-9,13-15,25H2,(H,27,28). The minimum Gasteiger partial charge on any atom is -0.480 e. The zero-order valence-corrected chi connectivity index (χ0v) is 17.2. The maximum Gasteiger partial charge on any atom is 0.418 e. The monoisotopic (exact) mass is 430 g/mol. The van der Waals surface area contributed by atoms with Gasteiger partial charge >= 0.3 is 12.1 Å². The zero-order chi connectivity index (χ0) is 22.2. The summed E-state index contributed by atoms with van der Waals surface area (Å²) >= 11 is 0. The molecule has 2 aromatic carbocycles. The summed E-state index contributed by atoms with van der Waals surface area (Å²) in [6, 6.07) is 13.1. The maximum absolute atomic E-state index is 13.6. The first-order chi connectivity index (χ1) is 14.9. The summed E-state index contributed by atoms with van der Waals surface area (Å²) < 4.78 is 24.4. The van der Waals surface area contributed by atoms with Crippen LogP contribution < -0.4 is 10.6 Å². The number of carboxylic acids is 1. The van der Waals surface area contributed by atoms with Gasteiger partial charge in [-0.3, -0.25) is 0 Å². The minimum absolute atomic E-state index is 0.0466. The molecule has 0 radical (unpaired) electrons. The molecule has 1 saturated carbocycles. The van der Waals surface area contributed by atoms with Crippen LogP contribution in [0, 0.1) is 17.7 Å². The average Bonchev–Trinajstić information content (AvgIpc) is 2.76. The van der Waals surface area contributed by atoms with E-state index in [1.807, 2.05) is 6.07 Å². The molecule has 0 bridgehead atoms. The lowest BCUT2D eigenvalue weighted by Gasteiger charge is -2.29. The zero-order valence-electron chi connectivity index (χ0n) is 17.2. The fraction of sp³-hybridized carbons (Fsp3) is 0.391. The van der Waals surface area contributed by atoms with Gasteiger partial charge in [0.25, 0.3) is 0 Å². The molecular formula is C23H27FN2O5. The van der Waals surface area contributed by atoms with Gasteiger partial charge in [0.05, 0.1) is 30.3 Å². The van der Waals surface area contributed by atoms with E-state index in [1.165, 1.54) is 23.1 Å². The number of anilines is 3. The summed E-state index contributed by atoms with van der Waals surface area (Å²) in [4.78, 5) is 24.9. The molecule has 166 valence electrons. The molecule has 1 amide bonds. The molecule has 3 N–H and O–H groups in total. The van der Waals surface area contributed by atoms with Gasteiger partial charge in [-0.05, 0) is 67.9 Å². The summed E-state index contributed by atoms with van der Waals surface area (Å²) in [6.45, 7) is 0.439. The lowest BCUT2D eigenvalue weighted by atomic mass is 9.83. The van der Waals surface area contributed by atoms with E-state index in [0.29, 0.717) is 23.9 Å². The summed E-state index contributed by atoms with van der Waals surface area (Å²) in [5.41, 5.74) is 6.67. The average molecular weight is 430 g/mol. The molecular weight excluding hydrogens is 403 g/mol. The molecule has 0 saturated heterocycles. The quantitative estimate of drug-likeness (QED) is 0.594. The predicted octanol–water partition coefficient (Wildman–Crippen LogP) is 4.59. The van der Waals surface area contributed by atoms with E-state index >= 15 is 0 Å². The van der Waals surface area contributed by atoms with Crippen LogP contribution in [-0.4, -0.2) is 37.0 Å². The van der Waals surface area contributed by atoms with Gasteiger partial charge in [0.2, 0.25) is 0 Å². The maximum atomic E-state index is 13.6. The Labute approximate surface area is 180 Å². The number of carbonyl (C=O) groups is 2. The highest BCUT2D eigenvalue weighted by molar-refractivity contribution is 5.96. The number of ether oxygens (including phenoxy) is 2. The SMILES string of the molecule is Nc1cc(N(C(=O)OCC2CCC(COCC(=O)O)CC2)c2ccccc2)ccc1F. The second-order valence-electron chi connectivity index (χ2n) is 7.75. The van der Waals surface area contributed by atoms with Crippen molar-refractivity contribution in [2.24, 2.45) is 11.8 Å². The number of hydrogen-bond donors (Lipinski definition) is 2. The van der Waals surface area contributed by atoms with E-state index in [9.17, 15) is 14.0 Å².